The zero-order chi connectivity index (χ0) is 14.5. The van der Waals surface area contributed by atoms with Crippen LogP contribution in [0.1, 0.15) is 18.3 Å². The Hall–Kier alpha value is -2.15. The highest BCUT2D eigenvalue weighted by Crippen LogP contribution is 2.28. The van der Waals surface area contributed by atoms with E-state index in [-0.39, 0.29) is 12.6 Å². The summed E-state index contributed by atoms with van der Waals surface area (Å²) in [6, 6.07) is 5.89. The Morgan fingerprint density at radius 2 is 2.15 bits per heavy atom. The van der Waals surface area contributed by atoms with E-state index in [1.807, 2.05) is 25.1 Å². The van der Waals surface area contributed by atoms with Crippen LogP contribution in [0.2, 0.25) is 0 Å². The number of nitrogens with zero attached hydrogens (tertiary/aromatic N) is 4. The van der Waals surface area contributed by atoms with Gasteiger partial charge in [0.1, 0.15) is 0 Å². The standard InChI is InChI=1S/C13H19N5O2/c1-9(14)6-10-4-5-11(12(7-10)19-3)20-8-13-15-17-18(2)16-13/h4-5,7,9H,6,8,14H2,1-3H3. The smallest absolute Gasteiger partial charge is 0.212 e. The number of tetrazole rings is 1. The van der Waals surface area contributed by atoms with Crippen molar-refractivity contribution >= 4 is 0 Å². The van der Waals surface area contributed by atoms with Crippen molar-refractivity contribution in [3.05, 3.63) is 29.6 Å². The number of nitrogens with two attached hydrogens (primary N) is 1. The third kappa shape index (κ3) is 3.67. The molecular weight excluding hydrogens is 258 g/mol. The number of ether oxygens (including phenoxy) is 2. The maximum Gasteiger partial charge on any atom is 0.212 e. The Labute approximate surface area is 117 Å². The van der Waals surface area contributed by atoms with Crippen molar-refractivity contribution in [1.29, 1.82) is 0 Å². The topological polar surface area (TPSA) is 88.1 Å². The van der Waals surface area contributed by atoms with Crippen LogP contribution in [0.25, 0.3) is 0 Å². The molecule has 7 nitrogen and oxygen atoms in total. The molecule has 0 radical (unpaired) electrons. The second-order valence-electron chi connectivity index (χ2n) is 4.65. The average molecular weight is 277 g/mol. The van der Waals surface area contributed by atoms with Gasteiger partial charge in [-0.1, -0.05) is 6.07 Å². The van der Waals surface area contributed by atoms with Gasteiger partial charge in [0.2, 0.25) is 5.82 Å². The van der Waals surface area contributed by atoms with Gasteiger partial charge in [-0.3, -0.25) is 0 Å². The lowest BCUT2D eigenvalue weighted by molar-refractivity contribution is 0.276. The lowest BCUT2D eigenvalue weighted by Gasteiger charge is -2.12. The molecule has 0 saturated heterocycles. The molecule has 2 N–H and O–H groups in total. The van der Waals surface area contributed by atoms with Gasteiger partial charge in [0.15, 0.2) is 18.1 Å². The van der Waals surface area contributed by atoms with Crippen molar-refractivity contribution in [3.63, 3.8) is 0 Å². The van der Waals surface area contributed by atoms with Gasteiger partial charge in [-0.25, -0.2) is 0 Å². The van der Waals surface area contributed by atoms with Crippen LogP contribution in [0.3, 0.4) is 0 Å². The second-order valence-corrected chi connectivity index (χ2v) is 4.65. The van der Waals surface area contributed by atoms with Gasteiger partial charge in [0, 0.05) is 6.04 Å². The van der Waals surface area contributed by atoms with Crippen LogP contribution < -0.4 is 15.2 Å². The van der Waals surface area contributed by atoms with Crippen molar-refractivity contribution in [2.75, 3.05) is 7.11 Å². The van der Waals surface area contributed by atoms with Crippen molar-refractivity contribution in [2.45, 2.75) is 26.0 Å². The van der Waals surface area contributed by atoms with E-state index < -0.39 is 0 Å². The van der Waals surface area contributed by atoms with Gasteiger partial charge in [0.05, 0.1) is 14.2 Å². The SMILES string of the molecule is COc1cc(CC(C)N)ccc1OCc1nnn(C)n1. The van der Waals surface area contributed by atoms with Crippen LogP contribution in [0.15, 0.2) is 18.2 Å². The summed E-state index contributed by atoms with van der Waals surface area (Å²) in [6.45, 7) is 2.22. The van der Waals surface area contributed by atoms with Crippen molar-refractivity contribution in [3.8, 4) is 11.5 Å². The van der Waals surface area contributed by atoms with Crippen molar-refractivity contribution in [2.24, 2.45) is 12.8 Å². The highest BCUT2D eigenvalue weighted by atomic mass is 16.5. The predicted octanol–water partition coefficient (Wildman–Crippen LogP) is 0.687. The highest BCUT2D eigenvalue weighted by Gasteiger charge is 2.09. The number of aryl methyl sites for hydroxylation is 1. The summed E-state index contributed by atoms with van der Waals surface area (Å²) in [4.78, 5) is 1.39. The molecule has 0 bridgehead atoms. The normalized spacial score (nSPS) is 12.2. The van der Waals surface area contributed by atoms with Gasteiger partial charge in [-0.2, -0.15) is 4.80 Å². The van der Waals surface area contributed by atoms with E-state index in [9.17, 15) is 0 Å². The second kappa shape index (κ2) is 6.33. The molecule has 7 heteroatoms. The van der Waals surface area contributed by atoms with E-state index in [4.69, 9.17) is 15.2 Å². The Morgan fingerprint density at radius 1 is 1.35 bits per heavy atom. The fourth-order valence-corrected chi connectivity index (χ4v) is 1.85. The summed E-state index contributed by atoms with van der Waals surface area (Å²) < 4.78 is 11.0. The molecule has 1 heterocycles. The van der Waals surface area contributed by atoms with Gasteiger partial charge >= 0.3 is 0 Å². The molecule has 0 saturated carbocycles. The summed E-state index contributed by atoms with van der Waals surface area (Å²) in [6.07, 6.45) is 0.794. The van der Waals surface area contributed by atoms with Crippen LogP contribution in [-0.2, 0) is 20.1 Å². The monoisotopic (exact) mass is 277 g/mol. The molecule has 2 rings (SSSR count). The van der Waals surface area contributed by atoms with Gasteiger partial charge in [-0.15, -0.1) is 10.2 Å². The first-order chi connectivity index (χ1) is 9.58. The first-order valence-electron chi connectivity index (χ1n) is 6.36. The van der Waals surface area contributed by atoms with E-state index in [2.05, 4.69) is 15.4 Å². The van der Waals surface area contributed by atoms with Gasteiger partial charge < -0.3 is 15.2 Å². The summed E-state index contributed by atoms with van der Waals surface area (Å²) in [5.74, 6) is 1.84. The van der Waals surface area contributed by atoms with Crippen LogP contribution in [0.4, 0.5) is 0 Å². The molecule has 1 unspecified atom stereocenters. The van der Waals surface area contributed by atoms with Crippen LogP contribution in [0.5, 0.6) is 11.5 Å². The molecule has 2 aromatic rings. The quantitative estimate of drug-likeness (QED) is 0.835. The Morgan fingerprint density at radius 3 is 2.75 bits per heavy atom. The molecule has 20 heavy (non-hydrogen) atoms. The number of benzene rings is 1. The lowest BCUT2D eigenvalue weighted by Crippen LogP contribution is -2.17. The molecule has 0 spiro atoms. The van der Waals surface area contributed by atoms with E-state index in [0.717, 1.165) is 12.0 Å². The van der Waals surface area contributed by atoms with E-state index in [1.54, 1.807) is 14.2 Å². The number of hydrogen-bond donors (Lipinski definition) is 1. The maximum atomic E-state index is 5.79. The minimum absolute atomic E-state index is 0.107. The zero-order valence-corrected chi connectivity index (χ0v) is 11.9. The van der Waals surface area contributed by atoms with Crippen LogP contribution >= 0.6 is 0 Å². The number of hydrogen-bond acceptors (Lipinski definition) is 6. The summed E-state index contributed by atoms with van der Waals surface area (Å²) in [7, 11) is 3.32. The first-order valence-corrected chi connectivity index (χ1v) is 6.36. The number of methoxy groups -OCH3 is 1. The average Bonchev–Trinajstić information content (AvgIpc) is 2.82. The molecule has 1 atom stereocenters. The van der Waals surface area contributed by atoms with E-state index in [0.29, 0.717) is 17.3 Å². The predicted molar refractivity (Wildman–Crippen MR) is 73.5 cm³/mol. The Kier molecular flexibility index (Phi) is 4.52. The van der Waals surface area contributed by atoms with Gasteiger partial charge in [-0.05, 0) is 36.3 Å². The minimum atomic E-state index is 0.107. The van der Waals surface area contributed by atoms with E-state index in [1.165, 1.54) is 4.80 Å². The summed E-state index contributed by atoms with van der Waals surface area (Å²) in [5, 5.41) is 11.7. The summed E-state index contributed by atoms with van der Waals surface area (Å²) >= 11 is 0. The zero-order valence-electron chi connectivity index (χ0n) is 11.9. The third-order valence-electron chi connectivity index (χ3n) is 2.69. The highest BCUT2D eigenvalue weighted by molar-refractivity contribution is 5.43. The Balaban J connectivity index is 2.07. The lowest BCUT2D eigenvalue weighted by atomic mass is 10.1. The molecular formula is C13H19N5O2. The van der Waals surface area contributed by atoms with Gasteiger partial charge in [0.25, 0.3) is 0 Å². The van der Waals surface area contributed by atoms with E-state index >= 15 is 0 Å². The molecule has 1 aromatic heterocycles. The maximum absolute atomic E-state index is 5.79. The fraction of sp³-hybridized carbons (Fsp3) is 0.462. The molecule has 0 aliphatic heterocycles. The molecule has 108 valence electrons. The molecule has 0 aliphatic rings. The molecule has 1 aromatic carbocycles. The van der Waals surface area contributed by atoms with Crippen molar-refractivity contribution < 1.29 is 9.47 Å². The fourth-order valence-electron chi connectivity index (χ4n) is 1.85. The third-order valence-corrected chi connectivity index (χ3v) is 2.69. The number of aromatic nitrogens is 4. The van der Waals surface area contributed by atoms with Crippen molar-refractivity contribution in [1.82, 2.24) is 20.2 Å². The first kappa shape index (κ1) is 14.3. The van der Waals surface area contributed by atoms with Crippen LogP contribution in [-0.4, -0.2) is 33.4 Å². The Bertz CT molecular complexity index is 568. The number of rotatable bonds is 6. The minimum Gasteiger partial charge on any atom is -0.493 e. The molecule has 0 amide bonds. The van der Waals surface area contributed by atoms with Crippen LogP contribution in [0, 0.1) is 0 Å². The molecule has 0 fully saturated rings. The largest absolute Gasteiger partial charge is 0.493 e. The molecule has 0 aliphatic carbocycles. The summed E-state index contributed by atoms with van der Waals surface area (Å²) in [5.41, 5.74) is 6.91.